The van der Waals surface area contributed by atoms with E-state index in [0.29, 0.717) is 17.7 Å². The van der Waals surface area contributed by atoms with Crippen LogP contribution in [0, 0.1) is 0 Å². The van der Waals surface area contributed by atoms with Crippen molar-refractivity contribution in [3.63, 3.8) is 0 Å². The molecule has 2 aliphatic rings. The van der Waals surface area contributed by atoms with Crippen LogP contribution in [0.1, 0.15) is 37.6 Å². The number of hydrogen-bond donors (Lipinski definition) is 1. The standard InChI is InChI=1S/C18H26N2O2S/c1-3-19(4-2)11-12-22-16-9-5-14(6-10-16)18-20(15-7-8-15)17(21)13-23-18/h5-6,9-10,15,18H,3-4,7-8,11-13H2,1-2H3/p+1. The summed E-state index contributed by atoms with van der Waals surface area (Å²) in [5, 5.41) is 0.198. The molecule has 1 aliphatic carbocycles. The molecule has 3 rings (SSSR count). The highest BCUT2D eigenvalue weighted by Crippen LogP contribution is 2.45. The van der Waals surface area contributed by atoms with Gasteiger partial charge in [-0.05, 0) is 44.4 Å². The van der Waals surface area contributed by atoms with Gasteiger partial charge in [0.25, 0.3) is 0 Å². The molecule has 1 aliphatic heterocycles. The van der Waals surface area contributed by atoms with Crippen LogP contribution < -0.4 is 9.64 Å². The molecule has 1 amide bonds. The first-order chi connectivity index (χ1) is 11.2. The van der Waals surface area contributed by atoms with Gasteiger partial charge in [-0.3, -0.25) is 4.79 Å². The summed E-state index contributed by atoms with van der Waals surface area (Å²) < 4.78 is 5.86. The molecule has 126 valence electrons. The topological polar surface area (TPSA) is 34.0 Å². The monoisotopic (exact) mass is 335 g/mol. The van der Waals surface area contributed by atoms with Crippen LogP contribution in [-0.2, 0) is 4.79 Å². The first kappa shape index (κ1) is 16.7. The summed E-state index contributed by atoms with van der Waals surface area (Å²) in [4.78, 5) is 15.7. The minimum atomic E-state index is 0.198. The summed E-state index contributed by atoms with van der Waals surface area (Å²) in [6.07, 6.45) is 2.33. The SMILES string of the molecule is CC[NH+](CC)CCOc1ccc(C2SCC(=O)N2C2CC2)cc1. The van der Waals surface area contributed by atoms with Gasteiger partial charge in [0.05, 0.1) is 18.8 Å². The fourth-order valence-corrected chi connectivity index (χ4v) is 4.34. The predicted octanol–water partition coefficient (Wildman–Crippen LogP) is 1.73. The number of quaternary nitrogens is 1. The Balaban J connectivity index is 1.55. The minimum Gasteiger partial charge on any atom is -0.488 e. The number of likely N-dealkylation sites (N-methyl/N-ethyl adjacent to an activating group) is 1. The third kappa shape index (κ3) is 4.01. The number of hydrogen-bond acceptors (Lipinski definition) is 3. The molecule has 0 spiro atoms. The maximum absolute atomic E-state index is 12.0. The predicted molar refractivity (Wildman–Crippen MR) is 93.9 cm³/mol. The van der Waals surface area contributed by atoms with Crippen molar-refractivity contribution in [3.8, 4) is 5.75 Å². The molecule has 0 aromatic heterocycles. The van der Waals surface area contributed by atoms with E-state index in [0.717, 1.165) is 44.8 Å². The third-order valence-corrected chi connectivity index (χ3v) is 5.96. The molecule has 2 fully saturated rings. The van der Waals surface area contributed by atoms with Crippen molar-refractivity contribution in [1.82, 2.24) is 4.90 Å². The molecular formula is C18H27N2O2S+. The van der Waals surface area contributed by atoms with Crippen LogP contribution in [0.25, 0.3) is 0 Å². The fourth-order valence-electron chi connectivity index (χ4n) is 3.09. The summed E-state index contributed by atoms with van der Waals surface area (Å²) >= 11 is 1.75. The van der Waals surface area contributed by atoms with Crippen LogP contribution in [0.2, 0.25) is 0 Å². The van der Waals surface area contributed by atoms with Crippen LogP contribution in [0.4, 0.5) is 0 Å². The Kier molecular flexibility index (Phi) is 5.49. The van der Waals surface area contributed by atoms with E-state index < -0.39 is 0 Å². The number of ether oxygens (including phenoxy) is 1. The summed E-state index contributed by atoms with van der Waals surface area (Å²) in [7, 11) is 0. The zero-order chi connectivity index (χ0) is 16.2. The van der Waals surface area contributed by atoms with E-state index in [1.165, 1.54) is 5.56 Å². The van der Waals surface area contributed by atoms with Gasteiger partial charge >= 0.3 is 0 Å². The Morgan fingerprint density at radius 3 is 2.52 bits per heavy atom. The number of carbonyl (C=O) groups excluding carboxylic acids is 1. The zero-order valence-electron chi connectivity index (χ0n) is 14.1. The molecule has 1 aromatic carbocycles. The molecule has 0 radical (unpaired) electrons. The Morgan fingerprint density at radius 2 is 1.91 bits per heavy atom. The van der Waals surface area contributed by atoms with Gasteiger partial charge in [-0.25, -0.2) is 0 Å². The average Bonchev–Trinajstić information content (AvgIpc) is 3.34. The Hall–Kier alpha value is -1.20. The number of benzene rings is 1. The van der Waals surface area contributed by atoms with E-state index >= 15 is 0 Å². The summed E-state index contributed by atoms with van der Waals surface area (Å²) in [5.41, 5.74) is 1.22. The summed E-state index contributed by atoms with van der Waals surface area (Å²) in [6, 6.07) is 8.80. The molecule has 0 bridgehead atoms. The molecule has 1 unspecified atom stereocenters. The molecule has 1 saturated heterocycles. The van der Waals surface area contributed by atoms with Crippen molar-refractivity contribution in [2.45, 2.75) is 38.1 Å². The lowest BCUT2D eigenvalue weighted by Gasteiger charge is -2.24. The van der Waals surface area contributed by atoms with Gasteiger partial charge in [-0.2, -0.15) is 0 Å². The molecule has 1 aromatic rings. The Bertz CT molecular complexity index is 526. The van der Waals surface area contributed by atoms with Gasteiger partial charge in [0.2, 0.25) is 5.91 Å². The van der Waals surface area contributed by atoms with Crippen molar-refractivity contribution in [3.05, 3.63) is 29.8 Å². The van der Waals surface area contributed by atoms with Crippen molar-refractivity contribution in [2.24, 2.45) is 0 Å². The lowest BCUT2D eigenvalue weighted by atomic mass is 10.2. The number of thioether (sulfide) groups is 1. The zero-order valence-corrected chi connectivity index (χ0v) is 14.9. The minimum absolute atomic E-state index is 0.198. The smallest absolute Gasteiger partial charge is 0.234 e. The van der Waals surface area contributed by atoms with Gasteiger partial charge in [-0.15, -0.1) is 11.8 Å². The van der Waals surface area contributed by atoms with E-state index in [9.17, 15) is 4.79 Å². The lowest BCUT2D eigenvalue weighted by Crippen LogP contribution is -3.12. The van der Waals surface area contributed by atoms with Crippen LogP contribution in [0.15, 0.2) is 24.3 Å². The first-order valence-electron chi connectivity index (χ1n) is 8.72. The normalized spacial score (nSPS) is 21.3. The van der Waals surface area contributed by atoms with Gasteiger partial charge in [0.15, 0.2) is 0 Å². The van der Waals surface area contributed by atoms with Gasteiger partial charge in [-0.1, -0.05) is 12.1 Å². The third-order valence-electron chi connectivity index (χ3n) is 4.74. The second-order valence-electron chi connectivity index (χ2n) is 6.32. The van der Waals surface area contributed by atoms with Gasteiger partial charge in [0, 0.05) is 6.04 Å². The first-order valence-corrected chi connectivity index (χ1v) is 9.77. The average molecular weight is 335 g/mol. The highest BCUT2D eigenvalue weighted by molar-refractivity contribution is 8.00. The van der Waals surface area contributed by atoms with E-state index in [2.05, 4.69) is 30.9 Å². The highest BCUT2D eigenvalue weighted by atomic mass is 32.2. The quantitative estimate of drug-likeness (QED) is 0.786. The maximum atomic E-state index is 12.0. The highest BCUT2D eigenvalue weighted by Gasteiger charge is 2.42. The Morgan fingerprint density at radius 1 is 1.22 bits per heavy atom. The molecule has 1 saturated carbocycles. The van der Waals surface area contributed by atoms with Crippen LogP contribution in [-0.4, -0.2) is 48.8 Å². The summed E-state index contributed by atoms with van der Waals surface area (Å²) in [5.74, 6) is 1.84. The van der Waals surface area contributed by atoms with Crippen molar-refractivity contribution < 1.29 is 14.4 Å². The van der Waals surface area contributed by atoms with Crippen molar-refractivity contribution in [2.75, 3.05) is 32.0 Å². The molecule has 1 heterocycles. The van der Waals surface area contributed by atoms with E-state index in [1.807, 2.05) is 12.1 Å². The number of amides is 1. The van der Waals surface area contributed by atoms with Crippen molar-refractivity contribution >= 4 is 17.7 Å². The number of rotatable bonds is 8. The molecule has 23 heavy (non-hydrogen) atoms. The number of carbonyl (C=O) groups is 1. The van der Waals surface area contributed by atoms with Gasteiger partial charge < -0.3 is 14.5 Å². The van der Waals surface area contributed by atoms with Crippen LogP contribution in [0.3, 0.4) is 0 Å². The molecule has 4 nitrogen and oxygen atoms in total. The maximum Gasteiger partial charge on any atom is 0.234 e. The summed E-state index contributed by atoms with van der Waals surface area (Å²) in [6.45, 7) is 8.49. The number of nitrogens with one attached hydrogen (secondary N) is 1. The number of nitrogens with zero attached hydrogens (tertiary/aromatic N) is 1. The largest absolute Gasteiger partial charge is 0.488 e. The van der Waals surface area contributed by atoms with E-state index in [-0.39, 0.29) is 5.37 Å². The van der Waals surface area contributed by atoms with E-state index in [1.54, 1.807) is 16.7 Å². The van der Waals surface area contributed by atoms with Crippen LogP contribution in [0.5, 0.6) is 5.75 Å². The molecule has 1 atom stereocenters. The lowest BCUT2D eigenvalue weighted by molar-refractivity contribution is -0.896. The molecule has 5 heteroatoms. The van der Waals surface area contributed by atoms with Crippen LogP contribution >= 0.6 is 11.8 Å². The fraction of sp³-hybridized carbons (Fsp3) is 0.611. The second kappa shape index (κ2) is 7.58. The second-order valence-corrected chi connectivity index (χ2v) is 7.39. The van der Waals surface area contributed by atoms with Gasteiger partial charge in [0.1, 0.15) is 24.3 Å². The van der Waals surface area contributed by atoms with E-state index in [4.69, 9.17) is 4.74 Å². The molecular weight excluding hydrogens is 308 g/mol. The molecule has 1 N–H and O–H groups in total. The Labute approximate surface area is 143 Å². The van der Waals surface area contributed by atoms with Crippen molar-refractivity contribution in [1.29, 1.82) is 0 Å².